The molecule has 4 heterocycles. The van der Waals surface area contributed by atoms with Crippen LogP contribution in [-0.4, -0.2) is 82.0 Å². The third-order valence-corrected chi connectivity index (χ3v) is 9.94. The second-order valence-electron chi connectivity index (χ2n) is 14.7. The summed E-state index contributed by atoms with van der Waals surface area (Å²) in [7, 11) is 2.24. The lowest BCUT2D eigenvalue weighted by Crippen LogP contribution is -2.34. The first kappa shape index (κ1) is 34.5. The normalized spacial score (nSPS) is 18.1. The molecule has 48 heavy (non-hydrogen) atoms. The van der Waals surface area contributed by atoms with Crippen molar-refractivity contribution < 1.29 is 27.9 Å². The second-order valence-corrected chi connectivity index (χ2v) is 15.8. The second kappa shape index (κ2) is 13.5. The summed E-state index contributed by atoms with van der Waals surface area (Å²) in [6.45, 7) is 13.8. The molecule has 2 aromatic heterocycles. The molecule has 1 atom stereocenters. The lowest BCUT2D eigenvalue weighted by molar-refractivity contribution is -0.139. The molecule has 0 saturated heterocycles. The molecule has 0 spiro atoms. The monoisotopic (exact) mass is 674 g/mol. The number of hydrogen-bond acceptors (Lipinski definition) is 7. The van der Waals surface area contributed by atoms with E-state index in [-0.39, 0.29) is 12.8 Å². The Kier molecular flexibility index (Phi) is 9.70. The molecule has 1 unspecified atom stereocenters. The summed E-state index contributed by atoms with van der Waals surface area (Å²) in [4.78, 5) is 32.5. The first-order valence-electron chi connectivity index (χ1n) is 16.5. The lowest BCUT2D eigenvalue weighted by atomic mass is 9.95. The summed E-state index contributed by atoms with van der Waals surface area (Å²) < 4.78 is 29.2. The Morgan fingerprint density at radius 3 is 1.79 bits per heavy atom. The van der Waals surface area contributed by atoms with Crippen molar-refractivity contribution in [1.82, 2.24) is 18.9 Å². The van der Waals surface area contributed by atoms with Crippen LogP contribution in [0, 0.1) is 0 Å². The maximum absolute atomic E-state index is 14.6. The van der Waals surface area contributed by atoms with Crippen LogP contribution in [0.2, 0.25) is 0 Å². The number of fused-ring (bicyclic) bond motifs is 12. The standard InChI is InChI=1S/C37H47N4O6P/c1-36(2,3)46-48(47-37(4,5)6)45-24-41-34(42)32-28-22-39(30-15-11-9-13-26(28)30)18-17-25(21-38(7)8)44-20-19-40-23-29(33(32)35(41)43)27-14-10-12-16-31(27)40/h9-16,22-23,25H,17-21,24H2,1-8H3. The fourth-order valence-corrected chi connectivity index (χ4v) is 7.56. The first-order chi connectivity index (χ1) is 22.7. The molecule has 6 rings (SSSR count). The van der Waals surface area contributed by atoms with Gasteiger partial charge in [-0.15, -0.1) is 0 Å². The zero-order valence-corrected chi connectivity index (χ0v) is 30.2. The van der Waals surface area contributed by atoms with Gasteiger partial charge < -0.3 is 27.8 Å². The predicted molar refractivity (Wildman–Crippen MR) is 190 cm³/mol. The number of aromatic nitrogens is 2. The van der Waals surface area contributed by atoms with Crippen molar-refractivity contribution in [2.24, 2.45) is 0 Å². The summed E-state index contributed by atoms with van der Waals surface area (Å²) in [6, 6.07) is 16.1. The predicted octanol–water partition coefficient (Wildman–Crippen LogP) is 7.06. The van der Waals surface area contributed by atoms with Crippen molar-refractivity contribution in [3.8, 4) is 0 Å². The minimum Gasteiger partial charge on any atom is -0.375 e. The minimum absolute atomic E-state index is 0.0199. The quantitative estimate of drug-likeness (QED) is 0.153. The number of hydrogen-bond donors (Lipinski definition) is 0. The molecule has 4 aromatic rings. The van der Waals surface area contributed by atoms with Gasteiger partial charge in [-0.05, 0) is 74.2 Å². The fourth-order valence-electron chi connectivity index (χ4n) is 6.31. The van der Waals surface area contributed by atoms with Crippen molar-refractivity contribution >= 4 is 53.4 Å². The largest absolute Gasteiger partial charge is 0.375 e. The van der Waals surface area contributed by atoms with E-state index < -0.39 is 31.6 Å². The molecule has 2 aliphatic heterocycles. The molecule has 0 radical (unpaired) electrons. The van der Waals surface area contributed by atoms with E-state index in [0.717, 1.165) is 40.3 Å². The molecular weight excluding hydrogens is 627 g/mol. The molecular formula is C37H47N4O6P. The first-order valence-corrected chi connectivity index (χ1v) is 17.6. The molecule has 2 aliphatic rings. The number of amides is 2. The highest BCUT2D eigenvalue weighted by Gasteiger charge is 2.43. The third kappa shape index (κ3) is 7.30. The Morgan fingerprint density at radius 2 is 1.29 bits per heavy atom. The SMILES string of the molecule is CN(C)CC1CCn2cc(c3ccccc32)C2=C(C(=O)N(COP(OC(C)(C)C)OC(C)(C)C)C2=O)c2cn(c3ccccc23)CCO1. The van der Waals surface area contributed by atoms with Crippen LogP contribution in [0.15, 0.2) is 60.9 Å². The molecule has 0 saturated carbocycles. The number of carbonyl (C=O) groups excluding carboxylic acids is 2. The molecule has 0 aliphatic carbocycles. The van der Waals surface area contributed by atoms with Gasteiger partial charge in [-0.1, -0.05) is 36.4 Å². The average molecular weight is 675 g/mol. The number of para-hydroxylation sites is 2. The Labute approximate surface area is 284 Å². The smallest absolute Gasteiger partial charge is 0.335 e. The van der Waals surface area contributed by atoms with Crippen LogP contribution >= 0.6 is 8.60 Å². The van der Waals surface area contributed by atoms with Crippen molar-refractivity contribution in [1.29, 1.82) is 0 Å². The van der Waals surface area contributed by atoms with Crippen LogP contribution in [0.4, 0.5) is 0 Å². The van der Waals surface area contributed by atoms with E-state index in [1.165, 1.54) is 4.90 Å². The molecule has 11 heteroatoms. The van der Waals surface area contributed by atoms with E-state index in [4.69, 9.17) is 18.3 Å². The van der Waals surface area contributed by atoms with Crippen LogP contribution in [0.1, 0.15) is 59.1 Å². The van der Waals surface area contributed by atoms with E-state index in [9.17, 15) is 9.59 Å². The molecule has 2 amide bonds. The summed E-state index contributed by atoms with van der Waals surface area (Å²) in [5.74, 6) is -0.817. The minimum atomic E-state index is -1.88. The van der Waals surface area contributed by atoms with Crippen molar-refractivity contribution in [3.05, 3.63) is 72.1 Å². The van der Waals surface area contributed by atoms with Gasteiger partial charge in [-0.3, -0.25) is 14.1 Å². The highest BCUT2D eigenvalue weighted by Crippen LogP contribution is 2.48. The molecule has 0 N–H and O–H groups in total. The van der Waals surface area contributed by atoms with Crippen LogP contribution in [0.3, 0.4) is 0 Å². The van der Waals surface area contributed by atoms with Crippen LogP contribution in [0.25, 0.3) is 33.0 Å². The lowest BCUT2D eigenvalue weighted by Gasteiger charge is -2.31. The number of nitrogens with zero attached hydrogens (tertiary/aromatic N) is 4. The van der Waals surface area contributed by atoms with Gasteiger partial charge >= 0.3 is 8.60 Å². The maximum atomic E-state index is 14.6. The molecule has 2 aromatic carbocycles. The highest BCUT2D eigenvalue weighted by atomic mass is 31.2. The summed E-state index contributed by atoms with van der Waals surface area (Å²) in [6.07, 6.45) is 4.82. The van der Waals surface area contributed by atoms with E-state index in [1.54, 1.807) is 0 Å². The highest BCUT2D eigenvalue weighted by molar-refractivity contribution is 7.41. The Bertz CT molecular complexity index is 1840. The van der Waals surface area contributed by atoms with Crippen molar-refractivity contribution in [3.63, 3.8) is 0 Å². The van der Waals surface area contributed by atoms with Gasteiger partial charge in [0, 0.05) is 65.0 Å². The van der Waals surface area contributed by atoms with Gasteiger partial charge in [0.05, 0.1) is 35.1 Å². The molecule has 0 fully saturated rings. The number of likely N-dealkylation sites (N-methyl/N-ethyl adjacent to an activating group) is 1. The van der Waals surface area contributed by atoms with Gasteiger partial charge in [0.1, 0.15) is 6.73 Å². The number of aryl methyl sites for hydroxylation is 1. The number of benzene rings is 2. The van der Waals surface area contributed by atoms with Crippen LogP contribution in [0.5, 0.6) is 0 Å². The van der Waals surface area contributed by atoms with Crippen molar-refractivity contribution in [2.45, 2.75) is 78.4 Å². The summed E-state index contributed by atoms with van der Waals surface area (Å²) in [5.41, 5.74) is 3.01. The molecule has 10 nitrogen and oxygen atoms in total. The summed E-state index contributed by atoms with van der Waals surface area (Å²) in [5, 5.41) is 1.80. The number of ether oxygens (including phenoxy) is 1. The van der Waals surface area contributed by atoms with Gasteiger partial charge in [-0.25, -0.2) is 4.90 Å². The number of rotatable bonds is 7. The molecule has 256 valence electrons. The number of imide groups is 1. The van der Waals surface area contributed by atoms with Gasteiger partial charge in [0.25, 0.3) is 11.8 Å². The van der Waals surface area contributed by atoms with Gasteiger partial charge in [0.15, 0.2) is 0 Å². The van der Waals surface area contributed by atoms with Crippen molar-refractivity contribution in [2.75, 3.05) is 34.0 Å². The van der Waals surface area contributed by atoms with Gasteiger partial charge in [0.2, 0.25) is 0 Å². The Morgan fingerprint density at radius 1 is 0.792 bits per heavy atom. The van der Waals surface area contributed by atoms with Crippen LogP contribution < -0.4 is 0 Å². The Balaban J connectivity index is 1.49. The van der Waals surface area contributed by atoms with Gasteiger partial charge in [-0.2, -0.15) is 0 Å². The van der Waals surface area contributed by atoms with E-state index in [0.29, 0.717) is 36.4 Å². The molecule has 4 bridgehead atoms. The fraction of sp³-hybridized carbons (Fsp3) is 0.459. The van der Waals surface area contributed by atoms with E-state index >= 15 is 0 Å². The zero-order valence-electron chi connectivity index (χ0n) is 29.3. The van der Waals surface area contributed by atoms with E-state index in [2.05, 4.69) is 34.2 Å². The topological polar surface area (TPSA) is 87.4 Å². The maximum Gasteiger partial charge on any atom is 0.335 e. The Hall–Kier alpha value is -3.37. The third-order valence-electron chi connectivity index (χ3n) is 8.22. The van der Waals surface area contributed by atoms with Crippen LogP contribution in [-0.2, 0) is 41.0 Å². The summed E-state index contributed by atoms with van der Waals surface area (Å²) >= 11 is 0. The average Bonchev–Trinajstić information content (AvgIpc) is 3.61. The number of carbonyl (C=O) groups is 2. The zero-order chi connectivity index (χ0) is 34.4. The van der Waals surface area contributed by atoms with E-state index in [1.807, 2.05) is 96.4 Å².